The summed E-state index contributed by atoms with van der Waals surface area (Å²) in [6, 6.07) is 2.35. The third-order valence-corrected chi connectivity index (χ3v) is 1.46. The van der Waals surface area contributed by atoms with Crippen LogP contribution in [-0.2, 0) is 0 Å². The molecule has 2 N–H and O–H groups in total. The highest BCUT2D eigenvalue weighted by molar-refractivity contribution is 5.65. The summed E-state index contributed by atoms with van der Waals surface area (Å²) in [6.07, 6.45) is 10.2. The van der Waals surface area contributed by atoms with E-state index in [0.717, 1.165) is 0 Å². The van der Waals surface area contributed by atoms with Crippen molar-refractivity contribution in [1.29, 1.82) is 0 Å². The van der Waals surface area contributed by atoms with Gasteiger partial charge in [-0.2, -0.15) is 0 Å². The summed E-state index contributed by atoms with van der Waals surface area (Å²) in [7, 11) is 0. The van der Waals surface area contributed by atoms with Gasteiger partial charge in [0.25, 0.3) is 0 Å². The van der Waals surface area contributed by atoms with Crippen LogP contribution < -0.4 is 5.73 Å². The van der Waals surface area contributed by atoms with Gasteiger partial charge in [-0.15, -0.1) is 12.8 Å². The number of benzene rings is 1. The molecule has 0 heterocycles. The summed E-state index contributed by atoms with van der Waals surface area (Å²) < 4.78 is 12.7. The van der Waals surface area contributed by atoms with Crippen molar-refractivity contribution in [2.75, 3.05) is 5.73 Å². The molecule has 1 rings (SSSR count). The van der Waals surface area contributed by atoms with Crippen molar-refractivity contribution in [3.05, 3.63) is 29.1 Å². The van der Waals surface area contributed by atoms with Crippen molar-refractivity contribution >= 4 is 5.69 Å². The van der Waals surface area contributed by atoms with Crippen molar-refractivity contribution in [3.8, 4) is 24.7 Å². The van der Waals surface area contributed by atoms with Gasteiger partial charge in [0.2, 0.25) is 0 Å². The average Bonchev–Trinajstić information content (AvgIpc) is 2.08. The molecule has 1 aromatic rings. The molecule has 0 aromatic heterocycles. The van der Waals surface area contributed by atoms with E-state index in [1.165, 1.54) is 12.1 Å². The van der Waals surface area contributed by atoms with Crippen molar-refractivity contribution in [3.63, 3.8) is 0 Å². The molecule has 0 fully saturated rings. The van der Waals surface area contributed by atoms with Gasteiger partial charge in [-0.05, 0) is 12.1 Å². The normalized spacial score (nSPS) is 8.58. The van der Waals surface area contributed by atoms with E-state index < -0.39 is 5.82 Å². The molecule has 0 spiro atoms. The molecule has 0 saturated carbocycles. The van der Waals surface area contributed by atoms with Crippen LogP contribution in [0.4, 0.5) is 10.1 Å². The molecule has 0 atom stereocenters. The molecule has 1 aromatic carbocycles. The van der Waals surface area contributed by atoms with E-state index in [0.29, 0.717) is 11.1 Å². The average molecular weight is 159 g/mol. The Labute approximate surface area is 70.4 Å². The second-order valence-electron chi connectivity index (χ2n) is 2.20. The highest BCUT2D eigenvalue weighted by atomic mass is 19.1. The Hall–Kier alpha value is -1.93. The van der Waals surface area contributed by atoms with Crippen molar-refractivity contribution < 1.29 is 4.39 Å². The number of terminal acetylenes is 2. The molecule has 0 saturated heterocycles. The number of nitrogen functional groups attached to an aromatic ring is 1. The molecule has 12 heavy (non-hydrogen) atoms. The fourth-order valence-electron chi connectivity index (χ4n) is 0.857. The van der Waals surface area contributed by atoms with Gasteiger partial charge < -0.3 is 5.73 Å². The lowest BCUT2D eigenvalue weighted by molar-refractivity contribution is 0.627. The summed E-state index contributed by atoms with van der Waals surface area (Å²) in [5.74, 6) is 4.03. The number of anilines is 1. The molecular weight excluding hydrogens is 153 g/mol. The Bertz CT molecular complexity index is 358. The Morgan fingerprint density at radius 1 is 1.17 bits per heavy atom. The van der Waals surface area contributed by atoms with Crippen LogP contribution in [0.3, 0.4) is 0 Å². The number of hydrogen-bond donors (Lipinski definition) is 1. The minimum Gasteiger partial charge on any atom is -0.397 e. The lowest BCUT2D eigenvalue weighted by atomic mass is 10.1. The minimum absolute atomic E-state index is 0.279. The van der Waals surface area contributed by atoms with Gasteiger partial charge in [0.1, 0.15) is 5.82 Å². The molecule has 2 heteroatoms. The van der Waals surface area contributed by atoms with Crippen LogP contribution in [0.2, 0.25) is 0 Å². The number of hydrogen-bond acceptors (Lipinski definition) is 1. The first-order valence-electron chi connectivity index (χ1n) is 3.21. The van der Waals surface area contributed by atoms with Crippen LogP contribution in [-0.4, -0.2) is 0 Å². The summed E-state index contributed by atoms with van der Waals surface area (Å²) in [4.78, 5) is 0. The Balaban J connectivity index is 3.48. The van der Waals surface area contributed by atoms with E-state index in [9.17, 15) is 4.39 Å². The van der Waals surface area contributed by atoms with Crippen molar-refractivity contribution in [2.24, 2.45) is 0 Å². The van der Waals surface area contributed by atoms with Crippen LogP contribution in [0, 0.1) is 30.5 Å². The SMILES string of the molecule is C#Cc1cc(F)cc(C#C)c1N. The minimum atomic E-state index is -0.467. The van der Waals surface area contributed by atoms with Crippen molar-refractivity contribution in [2.45, 2.75) is 0 Å². The fraction of sp³-hybridized carbons (Fsp3) is 0. The lowest BCUT2D eigenvalue weighted by Crippen LogP contribution is -1.95. The van der Waals surface area contributed by atoms with Crippen LogP contribution in [0.25, 0.3) is 0 Å². The fourth-order valence-corrected chi connectivity index (χ4v) is 0.857. The van der Waals surface area contributed by atoms with E-state index in [1.54, 1.807) is 0 Å². The predicted octanol–water partition coefficient (Wildman–Crippen LogP) is 1.37. The van der Waals surface area contributed by atoms with E-state index in [4.69, 9.17) is 18.6 Å². The highest BCUT2D eigenvalue weighted by Crippen LogP contribution is 2.17. The van der Waals surface area contributed by atoms with Gasteiger partial charge in [-0.1, -0.05) is 11.8 Å². The maximum absolute atomic E-state index is 12.7. The molecule has 0 unspecified atom stereocenters. The van der Waals surface area contributed by atoms with Crippen LogP contribution in [0.1, 0.15) is 11.1 Å². The summed E-state index contributed by atoms with van der Waals surface area (Å²) in [5.41, 5.74) is 6.39. The largest absolute Gasteiger partial charge is 0.397 e. The number of rotatable bonds is 0. The Kier molecular flexibility index (Phi) is 2.03. The smallest absolute Gasteiger partial charge is 0.125 e. The number of nitrogens with two attached hydrogens (primary N) is 1. The highest BCUT2D eigenvalue weighted by Gasteiger charge is 2.03. The van der Waals surface area contributed by atoms with E-state index in [2.05, 4.69) is 11.8 Å². The third kappa shape index (κ3) is 1.24. The van der Waals surface area contributed by atoms with Gasteiger partial charge in [-0.25, -0.2) is 4.39 Å². The second kappa shape index (κ2) is 2.98. The first kappa shape index (κ1) is 8.17. The lowest BCUT2D eigenvalue weighted by Gasteiger charge is -2.01. The van der Waals surface area contributed by atoms with Crippen LogP contribution in [0.15, 0.2) is 12.1 Å². The summed E-state index contributed by atoms with van der Waals surface area (Å²) in [5, 5.41) is 0. The number of halogens is 1. The van der Waals surface area contributed by atoms with Gasteiger partial charge in [0, 0.05) is 0 Å². The van der Waals surface area contributed by atoms with E-state index in [-0.39, 0.29) is 5.69 Å². The first-order chi connectivity index (χ1) is 5.69. The van der Waals surface area contributed by atoms with Crippen LogP contribution >= 0.6 is 0 Å². The quantitative estimate of drug-likeness (QED) is 0.449. The van der Waals surface area contributed by atoms with Gasteiger partial charge in [-0.3, -0.25) is 0 Å². The van der Waals surface area contributed by atoms with E-state index >= 15 is 0 Å². The Morgan fingerprint density at radius 3 is 1.92 bits per heavy atom. The maximum Gasteiger partial charge on any atom is 0.125 e. The molecule has 58 valence electrons. The molecular formula is C10H6FN. The standard InChI is InChI=1S/C10H6FN/c1-3-7-5-9(11)6-8(4-2)10(7)12/h1-2,5-6H,12H2. The Morgan fingerprint density at radius 2 is 1.58 bits per heavy atom. The molecule has 0 amide bonds. The zero-order chi connectivity index (χ0) is 9.14. The molecule has 0 aliphatic rings. The van der Waals surface area contributed by atoms with Gasteiger partial charge >= 0.3 is 0 Å². The van der Waals surface area contributed by atoms with Crippen molar-refractivity contribution in [1.82, 2.24) is 0 Å². The van der Waals surface area contributed by atoms with E-state index in [1.807, 2.05) is 0 Å². The zero-order valence-electron chi connectivity index (χ0n) is 6.26. The molecule has 0 aliphatic heterocycles. The second-order valence-corrected chi connectivity index (χ2v) is 2.20. The third-order valence-electron chi connectivity index (χ3n) is 1.46. The molecule has 0 bridgehead atoms. The summed E-state index contributed by atoms with van der Waals surface area (Å²) >= 11 is 0. The molecule has 0 radical (unpaired) electrons. The summed E-state index contributed by atoms with van der Waals surface area (Å²) in [6.45, 7) is 0. The topological polar surface area (TPSA) is 26.0 Å². The van der Waals surface area contributed by atoms with Crippen LogP contribution in [0.5, 0.6) is 0 Å². The molecule has 1 nitrogen and oxygen atoms in total. The van der Waals surface area contributed by atoms with Gasteiger partial charge in [0.15, 0.2) is 0 Å². The first-order valence-corrected chi connectivity index (χ1v) is 3.21. The molecule has 0 aliphatic carbocycles. The van der Waals surface area contributed by atoms with Gasteiger partial charge in [0.05, 0.1) is 16.8 Å². The predicted molar refractivity (Wildman–Crippen MR) is 46.7 cm³/mol. The zero-order valence-corrected chi connectivity index (χ0v) is 6.26. The maximum atomic E-state index is 12.7. The monoisotopic (exact) mass is 159 g/mol.